The molecular formula is C12H15BrO3S. The summed E-state index contributed by atoms with van der Waals surface area (Å²) < 4.78 is 5.89. The van der Waals surface area contributed by atoms with Crippen LogP contribution in [-0.4, -0.2) is 36.1 Å². The molecule has 3 nitrogen and oxygen atoms in total. The molecule has 1 rings (SSSR count). The van der Waals surface area contributed by atoms with E-state index in [1.54, 1.807) is 37.1 Å². The van der Waals surface area contributed by atoms with Gasteiger partial charge in [0.2, 0.25) is 0 Å². The van der Waals surface area contributed by atoms with Crippen molar-refractivity contribution >= 4 is 33.5 Å². The second-order valence-corrected chi connectivity index (χ2v) is 5.36. The number of benzene rings is 1. The lowest BCUT2D eigenvalue weighted by Gasteiger charge is -2.05. The Morgan fingerprint density at radius 2 is 2.29 bits per heavy atom. The molecule has 0 heterocycles. The van der Waals surface area contributed by atoms with Crippen molar-refractivity contribution in [2.24, 2.45) is 0 Å². The van der Waals surface area contributed by atoms with E-state index in [1.165, 1.54) is 0 Å². The van der Waals surface area contributed by atoms with Crippen LogP contribution in [0.2, 0.25) is 0 Å². The number of carbonyl (C=O) groups is 1. The molecule has 0 radical (unpaired) electrons. The van der Waals surface area contributed by atoms with Crippen molar-refractivity contribution in [3.63, 3.8) is 0 Å². The molecule has 17 heavy (non-hydrogen) atoms. The van der Waals surface area contributed by atoms with Crippen molar-refractivity contribution in [2.45, 2.75) is 6.42 Å². The highest BCUT2D eigenvalue weighted by Gasteiger charge is 2.08. The van der Waals surface area contributed by atoms with Crippen LogP contribution < -0.4 is 4.74 Å². The zero-order valence-corrected chi connectivity index (χ0v) is 12.0. The second kappa shape index (κ2) is 7.74. The highest BCUT2D eigenvalue weighted by molar-refractivity contribution is 9.10. The first kappa shape index (κ1) is 14.5. The molecule has 0 fully saturated rings. The third-order valence-corrected chi connectivity index (χ3v) is 3.82. The Labute approximate surface area is 114 Å². The second-order valence-electron chi connectivity index (χ2n) is 3.40. The van der Waals surface area contributed by atoms with E-state index in [0.717, 1.165) is 22.4 Å². The largest absolute Gasteiger partial charge is 0.496 e. The summed E-state index contributed by atoms with van der Waals surface area (Å²) in [6, 6.07) is 5.31. The number of carbonyl (C=O) groups excluding carboxylic acids is 1. The topological polar surface area (TPSA) is 46.5 Å². The van der Waals surface area contributed by atoms with Gasteiger partial charge in [-0.3, -0.25) is 4.79 Å². The van der Waals surface area contributed by atoms with Gasteiger partial charge in [0.05, 0.1) is 17.3 Å². The van der Waals surface area contributed by atoms with Gasteiger partial charge in [-0.25, -0.2) is 0 Å². The standard InChI is InChI=1S/C12H15BrO3S/c1-16-12-4-3-9(7-10(12)13)11(15)8-17-6-2-5-14/h3-4,7,14H,2,5-6,8H2,1H3. The van der Waals surface area contributed by atoms with Crippen LogP contribution in [0.3, 0.4) is 0 Å². The fourth-order valence-corrected chi connectivity index (χ4v) is 2.62. The summed E-state index contributed by atoms with van der Waals surface area (Å²) in [5, 5.41) is 8.62. The number of halogens is 1. The van der Waals surface area contributed by atoms with Gasteiger partial charge in [0, 0.05) is 12.2 Å². The smallest absolute Gasteiger partial charge is 0.172 e. The van der Waals surface area contributed by atoms with E-state index < -0.39 is 0 Å². The van der Waals surface area contributed by atoms with Crippen molar-refractivity contribution < 1.29 is 14.6 Å². The fourth-order valence-electron chi connectivity index (χ4n) is 1.25. The third-order valence-electron chi connectivity index (χ3n) is 2.15. The molecule has 0 saturated carbocycles. The first-order valence-corrected chi connectivity index (χ1v) is 7.19. The Hall–Kier alpha value is -0.520. The SMILES string of the molecule is COc1ccc(C(=O)CSCCCO)cc1Br. The molecule has 0 aliphatic carbocycles. The van der Waals surface area contributed by atoms with E-state index in [0.29, 0.717) is 11.3 Å². The van der Waals surface area contributed by atoms with Gasteiger partial charge in [0.1, 0.15) is 5.75 Å². The summed E-state index contributed by atoms with van der Waals surface area (Å²) in [5.41, 5.74) is 0.675. The van der Waals surface area contributed by atoms with Crippen molar-refractivity contribution in [1.82, 2.24) is 0 Å². The van der Waals surface area contributed by atoms with Gasteiger partial charge in [-0.1, -0.05) is 0 Å². The summed E-state index contributed by atoms with van der Waals surface area (Å²) in [4.78, 5) is 11.8. The number of ether oxygens (including phenoxy) is 1. The summed E-state index contributed by atoms with van der Waals surface area (Å²) >= 11 is 4.89. The van der Waals surface area contributed by atoms with Gasteiger partial charge in [0.15, 0.2) is 5.78 Å². The molecule has 0 aliphatic rings. The van der Waals surface area contributed by atoms with E-state index in [2.05, 4.69) is 15.9 Å². The average molecular weight is 319 g/mol. The maximum Gasteiger partial charge on any atom is 0.172 e. The monoisotopic (exact) mass is 318 g/mol. The molecule has 1 aromatic carbocycles. The van der Waals surface area contributed by atoms with Crippen molar-refractivity contribution in [3.05, 3.63) is 28.2 Å². The van der Waals surface area contributed by atoms with Crippen LogP contribution in [0, 0.1) is 0 Å². The van der Waals surface area contributed by atoms with Gasteiger partial charge in [-0.2, -0.15) is 11.8 Å². The number of aliphatic hydroxyl groups excluding tert-OH is 1. The van der Waals surface area contributed by atoms with Crippen LogP contribution in [0.15, 0.2) is 22.7 Å². The molecule has 94 valence electrons. The molecule has 1 N–H and O–H groups in total. The minimum atomic E-state index is 0.0938. The number of methoxy groups -OCH3 is 1. The molecule has 0 unspecified atom stereocenters. The Balaban J connectivity index is 2.54. The molecule has 1 aromatic rings. The summed E-state index contributed by atoms with van der Waals surface area (Å²) in [5.74, 6) is 2.06. The first-order valence-electron chi connectivity index (χ1n) is 5.24. The lowest BCUT2D eigenvalue weighted by molar-refractivity contribution is 0.102. The number of thioether (sulfide) groups is 1. The van der Waals surface area contributed by atoms with Gasteiger partial charge in [-0.05, 0) is 46.3 Å². The Morgan fingerprint density at radius 3 is 2.88 bits per heavy atom. The van der Waals surface area contributed by atoms with Crippen molar-refractivity contribution in [3.8, 4) is 5.75 Å². The molecule has 0 bridgehead atoms. The molecule has 0 amide bonds. The average Bonchev–Trinajstić information content (AvgIpc) is 2.34. The maximum absolute atomic E-state index is 11.8. The summed E-state index contributed by atoms with van der Waals surface area (Å²) in [7, 11) is 1.59. The highest BCUT2D eigenvalue weighted by atomic mass is 79.9. The number of ketones is 1. The third kappa shape index (κ3) is 4.69. The normalized spacial score (nSPS) is 10.3. The highest BCUT2D eigenvalue weighted by Crippen LogP contribution is 2.26. The zero-order chi connectivity index (χ0) is 12.7. The van der Waals surface area contributed by atoms with Crippen LogP contribution in [0.5, 0.6) is 5.75 Å². The zero-order valence-electron chi connectivity index (χ0n) is 9.61. The Kier molecular flexibility index (Phi) is 6.62. The lowest BCUT2D eigenvalue weighted by Crippen LogP contribution is -2.03. The van der Waals surface area contributed by atoms with E-state index in [-0.39, 0.29) is 12.4 Å². The number of hydrogen-bond acceptors (Lipinski definition) is 4. The summed E-state index contributed by atoms with van der Waals surface area (Å²) in [6.45, 7) is 0.176. The van der Waals surface area contributed by atoms with Crippen LogP contribution in [0.4, 0.5) is 0 Å². The molecule has 5 heteroatoms. The molecule has 0 atom stereocenters. The van der Waals surface area contributed by atoms with E-state index >= 15 is 0 Å². The lowest BCUT2D eigenvalue weighted by atomic mass is 10.1. The number of rotatable bonds is 7. The number of hydrogen-bond donors (Lipinski definition) is 1. The van der Waals surface area contributed by atoms with Crippen LogP contribution in [-0.2, 0) is 0 Å². The summed E-state index contributed by atoms with van der Waals surface area (Å²) in [6.07, 6.45) is 0.726. The molecule has 0 spiro atoms. The number of aliphatic hydroxyl groups is 1. The van der Waals surface area contributed by atoms with Crippen LogP contribution in [0.25, 0.3) is 0 Å². The van der Waals surface area contributed by atoms with Gasteiger partial charge in [-0.15, -0.1) is 0 Å². The van der Waals surface area contributed by atoms with Crippen molar-refractivity contribution in [1.29, 1.82) is 0 Å². The molecule has 0 aliphatic heterocycles. The quantitative estimate of drug-likeness (QED) is 0.620. The molecule has 0 saturated heterocycles. The molecular weight excluding hydrogens is 304 g/mol. The van der Waals surface area contributed by atoms with Crippen molar-refractivity contribution in [2.75, 3.05) is 25.2 Å². The maximum atomic E-state index is 11.8. The van der Waals surface area contributed by atoms with E-state index in [1.807, 2.05) is 0 Å². The predicted octanol–water partition coefficient (Wildman–Crippen LogP) is 2.76. The first-order chi connectivity index (χ1) is 8.19. The van der Waals surface area contributed by atoms with E-state index in [4.69, 9.17) is 9.84 Å². The Morgan fingerprint density at radius 1 is 1.53 bits per heavy atom. The predicted molar refractivity (Wildman–Crippen MR) is 74.1 cm³/mol. The minimum Gasteiger partial charge on any atom is -0.496 e. The fraction of sp³-hybridized carbons (Fsp3) is 0.417. The molecule has 0 aromatic heterocycles. The van der Waals surface area contributed by atoms with Crippen LogP contribution in [0.1, 0.15) is 16.8 Å². The minimum absolute atomic E-state index is 0.0938. The van der Waals surface area contributed by atoms with Crippen LogP contribution >= 0.6 is 27.7 Å². The van der Waals surface area contributed by atoms with Gasteiger partial charge >= 0.3 is 0 Å². The van der Waals surface area contributed by atoms with Gasteiger partial charge in [0.25, 0.3) is 0 Å². The van der Waals surface area contributed by atoms with Gasteiger partial charge < -0.3 is 9.84 Å². The Bertz CT molecular complexity index is 382. The number of Topliss-reactive ketones (excluding diaryl/α,β-unsaturated/α-hetero) is 1. The van der Waals surface area contributed by atoms with E-state index in [9.17, 15) is 4.79 Å².